The van der Waals surface area contributed by atoms with Gasteiger partial charge in [-0.05, 0) is 104 Å². The number of nitro groups is 1. The highest BCUT2D eigenvalue weighted by Gasteiger charge is 2.06. The quantitative estimate of drug-likeness (QED) is 0.0632. The molecule has 4 aromatic carbocycles. The van der Waals surface area contributed by atoms with Gasteiger partial charge in [0.2, 0.25) is 0 Å². The molecule has 0 fully saturated rings. The zero-order valence-electron chi connectivity index (χ0n) is 21.9. The number of nitrogens with zero attached hydrogens (tertiary/aromatic N) is 3. The Bertz CT molecular complexity index is 1530. The van der Waals surface area contributed by atoms with E-state index in [0.717, 1.165) is 64.5 Å². The number of fused-ring (bicyclic) bond motifs is 1. The molecule has 0 atom stereocenters. The van der Waals surface area contributed by atoms with Gasteiger partial charge in [-0.2, -0.15) is 0 Å². The van der Waals surface area contributed by atoms with Crippen LogP contribution in [0.25, 0.3) is 20.8 Å². The topological polar surface area (TPSA) is 86.9 Å². The molecule has 0 aliphatic carbocycles. The molecule has 1 heterocycles. The van der Waals surface area contributed by atoms with E-state index in [4.69, 9.17) is 14.5 Å². The molecular weight excluding hydrogens is 522 g/mol. The molecule has 0 amide bonds. The third-order valence-electron chi connectivity index (χ3n) is 6.27. The van der Waals surface area contributed by atoms with Gasteiger partial charge >= 0.3 is 0 Å². The van der Waals surface area contributed by atoms with Crippen LogP contribution in [0.4, 0.5) is 11.4 Å². The maximum absolute atomic E-state index is 10.7. The minimum Gasteiger partial charge on any atom is -0.494 e. The molecular formula is C32H29N3O4S. The van der Waals surface area contributed by atoms with Gasteiger partial charge in [0.25, 0.3) is 5.69 Å². The van der Waals surface area contributed by atoms with Crippen LogP contribution in [0.1, 0.15) is 31.2 Å². The molecule has 0 aliphatic heterocycles. The summed E-state index contributed by atoms with van der Waals surface area (Å²) in [6.07, 6.45) is 5.83. The lowest BCUT2D eigenvalue weighted by Crippen LogP contribution is -1.99. The van der Waals surface area contributed by atoms with Crippen molar-refractivity contribution in [2.45, 2.75) is 25.7 Å². The summed E-state index contributed by atoms with van der Waals surface area (Å²) in [6, 6.07) is 30.2. The van der Waals surface area contributed by atoms with Crippen molar-refractivity contribution in [1.82, 2.24) is 4.98 Å². The van der Waals surface area contributed by atoms with E-state index < -0.39 is 4.92 Å². The molecule has 202 valence electrons. The number of benzene rings is 4. The first-order valence-corrected chi connectivity index (χ1v) is 14.1. The van der Waals surface area contributed by atoms with Crippen LogP contribution in [0.5, 0.6) is 11.5 Å². The second kappa shape index (κ2) is 13.5. The number of non-ortho nitro benzene ring substituents is 1. The maximum atomic E-state index is 10.7. The largest absolute Gasteiger partial charge is 0.494 e. The molecule has 8 heteroatoms. The van der Waals surface area contributed by atoms with Crippen molar-refractivity contribution in [3.05, 3.63) is 113 Å². The van der Waals surface area contributed by atoms with Crippen molar-refractivity contribution >= 4 is 39.1 Å². The predicted molar refractivity (Wildman–Crippen MR) is 161 cm³/mol. The SMILES string of the molecule is O=[N+]([O-])c1ccc(C=Nc2ccc(OCCCCCCOc3ccc(-c4nc5ccccc5s4)cc3)cc2)cc1. The monoisotopic (exact) mass is 551 g/mol. The highest BCUT2D eigenvalue weighted by Crippen LogP contribution is 2.31. The first kappa shape index (κ1) is 27.0. The van der Waals surface area contributed by atoms with Crippen LogP contribution in [-0.2, 0) is 0 Å². The number of aliphatic imine (C=N–C) groups is 1. The van der Waals surface area contributed by atoms with Crippen molar-refractivity contribution in [3.63, 3.8) is 0 Å². The molecule has 0 spiro atoms. The highest BCUT2D eigenvalue weighted by molar-refractivity contribution is 7.21. The fourth-order valence-electron chi connectivity index (χ4n) is 4.09. The zero-order chi connectivity index (χ0) is 27.6. The van der Waals surface area contributed by atoms with E-state index >= 15 is 0 Å². The Kier molecular flexibility index (Phi) is 9.11. The van der Waals surface area contributed by atoms with Crippen LogP contribution in [0, 0.1) is 10.1 Å². The lowest BCUT2D eigenvalue weighted by molar-refractivity contribution is -0.384. The second-order valence-corrected chi connectivity index (χ2v) is 10.3. The van der Waals surface area contributed by atoms with E-state index in [1.807, 2.05) is 54.6 Å². The van der Waals surface area contributed by atoms with Crippen LogP contribution in [-0.4, -0.2) is 29.3 Å². The molecule has 0 saturated carbocycles. The second-order valence-electron chi connectivity index (χ2n) is 9.22. The molecule has 5 aromatic rings. The van der Waals surface area contributed by atoms with Crippen LogP contribution in [0.15, 0.2) is 102 Å². The molecule has 7 nitrogen and oxygen atoms in total. The Hall–Kier alpha value is -4.56. The van der Waals surface area contributed by atoms with Gasteiger partial charge in [0, 0.05) is 23.9 Å². The third kappa shape index (κ3) is 7.51. The van der Waals surface area contributed by atoms with E-state index in [1.165, 1.54) is 16.8 Å². The number of para-hydroxylation sites is 1. The van der Waals surface area contributed by atoms with Crippen molar-refractivity contribution in [1.29, 1.82) is 0 Å². The van der Waals surface area contributed by atoms with Gasteiger partial charge in [-0.15, -0.1) is 11.3 Å². The van der Waals surface area contributed by atoms with Crippen LogP contribution < -0.4 is 9.47 Å². The summed E-state index contributed by atoms with van der Waals surface area (Å²) in [6.45, 7) is 1.36. The molecule has 0 N–H and O–H groups in total. The minimum absolute atomic E-state index is 0.0649. The van der Waals surface area contributed by atoms with E-state index in [2.05, 4.69) is 23.2 Å². The van der Waals surface area contributed by atoms with Gasteiger partial charge in [0.15, 0.2) is 0 Å². The standard InChI is InChI=1S/C32H29N3O4S/c36-35(37)27-15-9-24(10-16-27)23-33-26-13-19-29(20-14-26)39-22-6-2-1-5-21-38-28-17-11-25(12-18-28)32-34-30-7-3-4-8-31(30)40-32/h3-4,7-20,23H,1-2,5-6,21-22H2. The van der Waals surface area contributed by atoms with Gasteiger partial charge in [0.05, 0.1) is 34.0 Å². The average Bonchev–Trinajstić information content (AvgIpc) is 3.43. The fourth-order valence-corrected chi connectivity index (χ4v) is 5.06. The normalized spacial score (nSPS) is 11.2. The molecule has 1 aromatic heterocycles. The van der Waals surface area contributed by atoms with Crippen molar-refractivity contribution in [3.8, 4) is 22.1 Å². The number of ether oxygens (including phenoxy) is 2. The molecule has 0 saturated heterocycles. The lowest BCUT2D eigenvalue weighted by Gasteiger charge is -2.08. The first-order chi connectivity index (χ1) is 19.6. The molecule has 5 rings (SSSR count). The average molecular weight is 552 g/mol. The Morgan fingerprint density at radius 1 is 0.775 bits per heavy atom. The van der Waals surface area contributed by atoms with Crippen LogP contribution >= 0.6 is 11.3 Å². The van der Waals surface area contributed by atoms with Gasteiger partial charge in [-0.25, -0.2) is 4.98 Å². The van der Waals surface area contributed by atoms with Crippen LogP contribution in [0.3, 0.4) is 0 Å². The summed E-state index contributed by atoms with van der Waals surface area (Å²) in [5, 5.41) is 11.8. The molecule has 40 heavy (non-hydrogen) atoms. The number of hydrogen-bond acceptors (Lipinski definition) is 7. The van der Waals surface area contributed by atoms with Crippen molar-refractivity contribution < 1.29 is 14.4 Å². The Morgan fingerprint density at radius 3 is 2.02 bits per heavy atom. The van der Waals surface area contributed by atoms with E-state index in [1.54, 1.807) is 29.7 Å². The van der Waals surface area contributed by atoms with Crippen molar-refractivity contribution in [2.24, 2.45) is 4.99 Å². The van der Waals surface area contributed by atoms with E-state index in [0.29, 0.717) is 13.2 Å². The Morgan fingerprint density at radius 2 is 1.40 bits per heavy atom. The number of thiazole rings is 1. The van der Waals surface area contributed by atoms with Gasteiger partial charge in [-0.1, -0.05) is 12.1 Å². The molecule has 0 aliphatic rings. The maximum Gasteiger partial charge on any atom is 0.269 e. The van der Waals surface area contributed by atoms with Gasteiger partial charge < -0.3 is 9.47 Å². The number of hydrogen-bond donors (Lipinski definition) is 0. The Balaban J connectivity index is 0.950. The number of aromatic nitrogens is 1. The third-order valence-corrected chi connectivity index (χ3v) is 7.36. The summed E-state index contributed by atoms with van der Waals surface area (Å²) in [4.78, 5) is 19.5. The fraction of sp³-hybridized carbons (Fsp3) is 0.188. The zero-order valence-corrected chi connectivity index (χ0v) is 22.8. The number of rotatable bonds is 13. The number of nitro benzene ring substituents is 1. The van der Waals surface area contributed by atoms with Gasteiger partial charge in [-0.3, -0.25) is 15.1 Å². The lowest BCUT2D eigenvalue weighted by atomic mass is 10.2. The Labute approximate surface area is 236 Å². The molecule has 0 radical (unpaired) electrons. The molecule has 0 bridgehead atoms. The molecule has 0 unspecified atom stereocenters. The van der Waals surface area contributed by atoms with E-state index in [9.17, 15) is 10.1 Å². The minimum atomic E-state index is -0.416. The van der Waals surface area contributed by atoms with Crippen LogP contribution in [0.2, 0.25) is 0 Å². The smallest absolute Gasteiger partial charge is 0.269 e. The number of unbranched alkanes of at least 4 members (excludes halogenated alkanes) is 3. The first-order valence-electron chi connectivity index (χ1n) is 13.2. The van der Waals surface area contributed by atoms with Crippen molar-refractivity contribution in [2.75, 3.05) is 13.2 Å². The predicted octanol–water partition coefficient (Wildman–Crippen LogP) is 8.64. The summed E-state index contributed by atoms with van der Waals surface area (Å²) >= 11 is 1.70. The summed E-state index contributed by atoms with van der Waals surface area (Å²) in [5.74, 6) is 1.70. The summed E-state index contributed by atoms with van der Waals surface area (Å²) < 4.78 is 13.0. The van der Waals surface area contributed by atoms with E-state index in [-0.39, 0.29) is 5.69 Å². The van der Waals surface area contributed by atoms with Gasteiger partial charge in [0.1, 0.15) is 16.5 Å². The summed E-state index contributed by atoms with van der Waals surface area (Å²) in [5.41, 5.74) is 3.80. The summed E-state index contributed by atoms with van der Waals surface area (Å²) in [7, 11) is 0. The highest BCUT2D eigenvalue weighted by atomic mass is 32.1.